The lowest BCUT2D eigenvalue weighted by Crippen LogP contribution is -2.54. The summed E-state index contributed by atoms with van der Waals surface area (Å²) in [5.74, 6) is -0.283. The predicted octanol–water partition coefficient (Wildman–Crippen LogP) is 0.317. The molecule has 76 valence electrons. The van der Waals surface area contributed by atoms with Gasteiger partial charge in [-0.1, -0.05) is 0 Å². The van der Waals surface area contributed by atoms with Crippen molar-refractivity contribution in [3.63, 3.8) is 0 Å². The average molecular weight is 187 g/mol. The molecule has 1 aliphatic rings. The Morgan fingerprint density at radius 3 is 2.77 bits per heavy atom. The standard InChI is InChI=1S/C9H17NO3/c1-7(2)13-8(11)9(3)6-10-4-5-12-9/h7,10H,4-6H2,1-3H3. The van der Waals surface area contributed by atoms with Crippen LogP contribution in [-0.2, 0) is 14.3 Å². The molecule has 1 atom stereocenters. The van der Waals surface area contributed by atoms with Crippen molar-refractivity contribution in [2.45, 2.75) is 32.5 Å². The van der Waals surface area contributed by atoms with E-state index in [-0.39, 0.29) is 12.1 Å². The van der Waals surface area contributed by atoms with Crippen molar-refractivity contribution in [1.29, 1.82) is 0 Å². The molecule has 1 rings (SSSR count). The Bertz CT molecular complexity index is 185. The molecule has 4 nitrogen and oxygen atoms in total. The van der Waals surface area contributed by atoms with Crippen molar-refractivity contribution >= 4 is 5.97 Å². The van der Waals surface area contributed by atoms with Gasteiger partial charge < -0.3 is 14.8 Å². The third kappa shape index (κ3) is 2.67. The Morgan fingerprint density at radius 2 is 2.31 bits per heavy atom. The molecule has 0 aromatic rings. The maximum atomic E-state index is 11.5. The highest BCUT2D eigenvalue weighted by atomic mass is 16.6. The number of morpholine rings is 1. The smallest absolute Gasteiger partial charge is 0.339 e. The Morgan fingerprint density at radius 1 is 1.62 bits per heavy atom. The van der Waals surface area contributed by atoms with Crippen LogP contribution >= 0.6 is 0 Å². The van der Waals surface area contributed by atoms with Gasteiger partial charge in [0.2, 0.25) is 0 Å². The normalized spacial score (nSPS) is 28.9. The number of esters is 1. The Balaban J connectivity index is 2.51. The highest BCUT2D eigenvalue weighted by molar-refractivity contribution is 5.79. The number of hydrogen-bond acceptors (Lipinski definition) is 4. The largest absolute Gasteiger partial charge is 0.461 e. The number of carbonyl (C=O) groups excluding carboxylic acids is 1. The van der Waals surface area contributed by atoms with Gasteiger partial charge in [0.15, 0.2) is 5.60 Å². The molecule has 0 radical (unpaired) electrons. The van der Waals surface area contributed by atoms with Gasteiger partial charge in [0.25, 0.3) is 0 Å². The lowest BCUT2D eigenvalue weighted by atomic mass is 10.1. The number of rotatable bonds is 2. The van der Waals surface area contributed by atoms with Crippen molar-refractivity contribution in [2.24, 2.45) is 0 Å². The van der Waals surface area contributed by atoms with Crippen molar-refractivity contribution in [3.05, 3.63) is 0 Å². The minimum absolute atomic E-state index is 0.0881. The molecule has 0 spiro atoms. The van der Waals surface area contributed by atoms with E-state index in [0.717, 1.165) is 6.54 Å². The van der Waals surface area contributed by atoms with Gasteiger partial charge in [-0.2, -0.15) is 0 Å². The monoisotopic (exact) mass is 187 g/mol. The lowest BCUT2D eigenvalue weighted by Gasteiger charge is -2.32. The summed E-state index contributed by atoms with van der Waals surface area (Å²) in [6.07, 6.45) is -0.0881. The van der Waals surface area contributed by atoms with E-state index < -0.39 is 5.60 Å². The van der Waals surface area contributed by atoms with E-state index in [1.54, 1.807) is 6.92 Å². The van der Waals surface area contributed by atoms with E-state index in [4.69, 9.17) is 9.47 Å². The van der Waals surface area contributed by atoms with Crippen LogP contribution < -0.4 is 5.32 Å². The Labute approximate surface area is 78.6 Å². The van der Waals surface area contributed by atoms with Crippen LogP contribution in [0.1, 0.15) is 20.8 Å². The molecule has 0 amide bonds. The summed E-state index contributed by atoms with van der Waals surface area (Å²) >= 11 is 0. The lowest BCUT2D eigenvalue weighted by molar-refractivity contribution is -0.177. The van der Waals surface area contributed by atoms with Gasteiger partial charge in [0, 0.05) is 13.1 Å². The van der Waals surface area contributed by atoms with Crippen LogP contribution in [0, 0.1) is 0 Å². The number of carbonyl (C=O) groups is 1. The molecule has 13 heavy (non-hydrogen) atoms. The third-order valence-electron chi connectivity index (χ3n) is 1.94. The second-order valence-corrected chi connectivity index (χ2v) is 3.71. The Hall–Kier alpha value is -0.610. The summed E-state index contributed by atoms with van der Waals surface area (Å²) in [6, 6.07) is 0. The highest BCUT2D eigenvalue weighted by Crippen LogP contribution is 2.15. The van der Waals surface area contributed by atoms with Crippen molar-refractivity contribution in [3.8, 4) is 0 Å². The summed E-state index contributed by atoms with van der Waals surface area (Å²) in [5, 5.41) is 3.10. The molecule has 1 fully saturated rings. The topological polar surface area (TPSA) is 47.6 Å². The second kappa shape index (κ2) is 4.07. The minimum Gasteiger partial charge on any atom is -0.461 e. The summed E-state index contributed by atoms with van der Waals surface area (Å²) < 4.78 is 10.5. The molecule has 1 heterocycles. The van der Waals surface area contributed by atoms with E-state index in [0.29, 0.717) is 13.2 Å². The van der Waals surface area contributed by atoms with Crippen LogP contribution in [-0.4, -0.2) is 37.4 Å². The van der Waals surface area contributed by atoms with E-state index >= 15 is 0 Å². The zero-order chi connectivity index (χ0) is 9.90. The molecule has 0 aliphatic carbocycles. The SMILES string of the molecule is CC(C)OC(=O)C1(C)CNCCO1. The Kier molecular flexibility index (Phi) is 3.27. The van der Waals surface area contributed by atoms with E-state index in [1.807, 2.05) is 13.8 Å². The fraction of sp³-hybridized carbons (Fsp3) is 0.889. The van der Waals surface area contributed by atoms with Gasteiger partial charge in [-0.25, -0.2) is 4.79 Å². The zero-order valence-electron chi connectivity index (χ0n) is 8.42. The van der Waals surface area contributed by atoms with Crippen LogP contribution in [0.15, 0.2) is 0 Å². The van der Waals surface area contributed by atoms with Gasteiger partial charge in [-0.3, -0.25) is 0 Å². The van der Waals surface area contributed by atoms with E-state index in [2.05, 4.69) is 5.32 Å². The van der Waals surface area contributed by atoms with Crippen molar-refractivity contribution < 1.29 is 14.3 Å². The molecule has 0 bridgehead atoms. The van der Waals surface area contributed by atoms with Gasteiger partial charge in [0.05, 0.1) is 12.7 Å². The first-order valence-electron chi connectivity index (χ1n) is 4.60. The molecule has 4 heteroatoms. The van der Waals surface area contributed by atoms with Crippen molar-refractivity contribution in [1.82, 2.24) is 5.32 Å². The number of ether oxygens (including phenoxy) is 2. The van der Waals surface area contributed by atoms with Crippen molar-refractivity contribution in [2.75, 3.05) is 19.7 Å². The highest BCUT2D eigenvalue weighted by Gasteiger charge is 2.38. The minimum atomic E-state index is -0.803. The van der Waals surface area contributed by atoms with E-state index in [9.17, 15) is 4.79 Å². The molecular formula is C9H17NO3. The summed E-state index contributed by atoms with van der Waals surface area (Å²) in [6.45, 7) is 7.30. The van der Waals surface area contributed by atoms with Crippen LogP contribution in [0.3, 0.4) is 0 Å². The van der Waals surface area contributed by atoms with E-state index in [1.165, 1.54) is 0 Å². The second-order valence-electron chi connectivity index (χ2n) is 3.71. The van der Waals surface area contributed by atoms with Gasteiger partial charge in [-0.05, 0) is 20.8 Å². The first-order valence-corrected chi connectivity index (χ1v) is 4.60. The average Bonchev–Trinajstić information content (AvgIpc) is 2.04. The molecule has 1 aliphatic heterocycles. The molecule has 0 saturated carbocycles. The fourth-order valence-electron chi connectivity index (χ4n) is 1.20. The fourth-order valence-corrected chi connectivity index (χ4v) is 1.20. The van der Waals surface area contributed by atoms with Crippen LogP contribution in [0.2, 0.25) is 0 Å². The molecule has 1 saturated heterocycles. The quantitative estimate of drug-likeness (QED) is 0.632. The molecule has 1 unspecified atom stereocenters. The summed E-state index contributed by atoms with van der Waals surface area (Å²) in [7, 11) is 0. The molecule has 1 N–H and O–H groups in total. The van der Waals surface area contributed by atoms with Gasteiger partial charge >= 0.3 is 5.97 Å². The number of hydrogen-bond donors (Lipinski definition) is 1. The van der Waals surface area contributed by atoms with Crippen LogP contribution in [0.25, 0.3) is 0 Å². The first kappa shape index (κ1) is 10.5. The molecular weight excluding hydrogens is 170 g/mol. The predicted molar refractivity (Wildman–Crippen MR) is 48.5 cm³/mol. The summed E-state index contributed by atoms with van der Waals surface area (Å²) in [5.41, 5.74) is -0.803. The van der Waals surface area contributed by atoms with Gasteiger partial charge in [0.1, 0.15) is 0 Å². The summed E-state index contributed by atoms with van der Waals surface area (Å²) in [4.78, 5) is 11.5. The molecule has 0 aromatic heterocycles. The first-order chi connectivity index (χ1) is 6.04. The maximum absolute atomic E-state index is 11.5. The third-order valence-corrected chi connectivity index (χ3v) is 1.94. The van der Waals surface area contributed by atoms with Gasteiger partial charge in [-0.15, -0.1) is 0 Å². The maximum Gasteiger partial charge on any atom is 0.339 e. The van der Waals surface area contributed by atoms with Crippen LogP contribution in [0.4, 0.5) is 0 Å². The molecule has 0 aromatic carbocycles. The number of nitrogens with one attached hydrogen (secondary N) is 1. The zero-order valence-corrected chi connectivity index (χ0v) is 8.42. The van der Waals surface area contributed by atoms with Crippen LogP contribution in [0.5, 0.6) is 0 Å².